The van der Waals surface area contributed by atoms with Crippen molar-refractivity contribution in [2.45, 2.75) is 0 Å². The first-order chi connectivity index (χ1) is 14.3. The van der Waals surface area contributed by atoms with Gasteiger partial charge in [0.25, 0.3) is 0 Å². The summed E-state index contributed by atoms with van der Waals surface area (Å²) in [5.41, 5.74) is 8.54. The van der Waals surface area contributed by atoms with Crippen molar-refractivity contribution in [1.29, 1.82) is 0 Å². The summed E-state index contributed by atoms with van der Waals surface area (Å²) in [7, 11) is 0. The maximum atomic E-state index is 5.99. The molecule has 4 heteroatoms. The van der Waals surface area contributed by atoms with Crippen LogP contribution in [0, 0.1) is 0 Å². The normalized spacial score (nSPS) is 12.1. The summed E-state index contributed by atoms with van der Waals surface area (Å²) in [5, 5.41) is 2.49. The van der Waals surface area contributed by atoms with Gasteiger partial charge in [0.05, 0.1) is 16.6 Å². The highest BCUT2D eigenvalue weighted by molar-refractivity contribution is 6.08. The van der Waals surface area contributed by atoms with Crippen LogP contribution in [0.15, 0.2) is 89.3 Å². The Morgan fingerprint density at radius 2 is 1.48 bits per heavy atom. The van der Waals surface area contributed by atoms with Gasteiger partial charge in [-0.1, -0.05) is 42.5 Å². The van der Waals surface area contributed by atoms with Crippen LogP contribution in [-0.4, -0.2) is 14.4 Å². The molecule has 7 aromatic rings. The average Bonchev–Trinajstić information content (AvgIpc) is 3.42. The van der Waals surface area contributed by atoms with Crippen LogP contribution in [0.1, 0.15) is 0 Å². The topological polar surface area (TPSA) is 46.2 Å². The molecule has 0 aliphatic heterocycles. The second kappa shape index (κ2) is 5.26. The van der Waals surface area contributed by atoms with Crippen LogP contribution < -0.4 is 0 Å². The van der Waals surface area contributed by atoms with Crippen molar-refractivity contribution >= 4 is 49.8 Å². The first-order valence-electron chi connectivity index (χ1n) is 9.66. The molecule has 0 amide bonds. The SMILES string of the molecule is c1ccc2c(c1)nc1oc3ccc(-c4ccc5[nH]c6ccccc6c5c4)cc3n12. The molecule has 0 spiro atoms. The molecular weight excluding hydrogens is 358 g/mol. The smallest absolute Gasteiger partial charge is 0.307 e. The maximum Gasteiger partial charge on any atom is 0.307 e. The van der Waals surface area contributed by atoms with Crippen molar-refractivity contribution in [1.82, 2.24) is 14.4 Å². The van der Waals surface area contributed by atoms with Crippen LogP contribution in [0.25, 0.3) is 60.9 Å². The molecule has 0 aliphatic rings. The van der Waals surface area contributed by atoms with E-state index in [1.165, 1.54) is 16.3 Å². The zero-order valence-corrected chi connectivity index (χ0v) is 15.4. The van der Waals surface area contributed by atoms with E-state index in [1.807, 2.05) is 24.3 Å². The lowest BCUT2D eigenvalue weighted by Crippen LogP contribution is -1.83. The van der Waals surface area contributed by atoms with Gasteiger partial charge in [0, 0.05) is 21.8 Å². The Kier molecular flexibility index (Phi) is 2.71. The van der Waals surface area contributed by atoms with E-state index in [-0.39, 0.29) is 0 Å². The molecule has 29 heavy (non-hydrogen) atoms. The fourth-order valence-corrected chi connectivity index (χ4v) is 4.39. The van der Waals surface area contributed by atoms with Crippen molar-refractivity contribution in [3.8, 4) is 11.1 Å². The largest absolute Gasteiger partial charge is 0.423 e. The first kappa shape index (κ1) is 14.9. The van der Waals surface area contributed by atoms with Crippen LogP contribution in [0.3, 0.4) is 0 Å². The van der Waals surface area contributed by atoms with Gasteiger partial charge >= 0.3 is 5.84 Å². The van der Waals surface area contributed by atoms with Gasteiger partial charge in [-0.05, 0) is 53.6 Å². The second-order valence-electron chi connectivity index (χ2n) is 7.43. The molecule has 4 aromatic carbocycles. The van der Waals surface area contributed by atoms with Crippen LogP contribution in [0.5, 0.6) is 0 Å². The Balaban J connectivity index is 1.50. The first-order valence-corrected chi connectivity index (χ1v) is 9.66. The van der Waals surface area contributed by atoms with E-state index in [0.717, 1.165) is 38.7 Å². The van der Waals surface area contributed by atoms with Crippen molar-refractivity contribution in [2.24, 2.45) is 0 Å². The molecule has 4 nitrogen and oxygen atoms in total. The number of rotatable bonds is 1. The number of aromatic amines is 1. The highest BCUT2D eigenvalue weighted by Gasteiger charge is 2.14. The van der Waals surface area contributed by atoms with Gasteiger partial charge in [-0.25, -0.2) is 0 Å². The third-order valence-corrected chi connectivity index (χ3v) is 5.77. The summed E-state index contributed by atoms with van der Waals surface area (Å²) in [6.45, 7) is 0. The van der Waals surface area contributed by atoms with Crippen LogP contribution in [0.4, 0.5) is 0 Å². The number of H-pyrrole nitrogens is 1. The van der Waals surface area contributed by atoms with Gasteiger partial charge in [0.15, 0.2) is 5.58 Å². The lowest BCUT2D eigenvalue weighted by Gasteiger charge is -2.03. The van der Waals surface area contributed by atoms with E-state index >= 15 is 0 Å². The molecule has 1 N–H and O–H groups in total. The standard InChI is InChI=1S/C25H15N3O/c1-2-6-19-17(5-1)18-13-15(9-11-20(18)26-19)16-10-12-24-23(14-16)28-22-8-4-3-7-21(22)27-25(28)29-24/h1-14,26H. The van der Waals surface area contributed by atoms with Crippen molar-refractivity contribution in [2.75, 3.05) is 0 Å². The summed E-state index contributed by atoms with van der Waals surface area (Å²) in [4.78, 5) is 8.11. The van der Waals surface area contributed by atoms with Gasteiger partial charge in [-0.3, -0.25) is 4.40 Å². The molecule has 0 fully saturated rings. The van der Waals surface area contributed by atoms with Crippen LogP contribution in [-0.2, 0) is 0 Å². The van der Waals surface area contributed by atoms with Gasteiger partial charge in [-0.2, -0.15) is 4.98 Å². The summed E-state index contributed by atoms with van der Waals surface area (Å²) < 4.78 is 8.09. The summed E-state index contributed by atoms with van der Waals surface area (Å²) in [6, 6.07) is 29.5. The number of aromatic nitrogens is 3. The van der Waals surface area contributed by atoms with Crippen molar-refractivity contribution < 1.29 is 4.42 Å². The molecule has 136 valence electrons. The van der Waals surface area contributed by atoms with Crippen LogP contribution >= 0.6 is 0 Å². The Labute approximate surface area is 165 Å². The predicted octanol–water partition coefficient (Wildman–Crippen LogP) is 6.54. The van der Waals surface area contributed by atoms with Gasteiger partial charge in [0.2, 0.25) is 0 Å². The fraction of sp³-hybridized carbons (Fsp3) is 0. The number of fused-ring (bicyclic) bond motifs is 8. The third-order valence-electron chi connectivity index (χ3n) is 5.77. The molecule has 0 aliphatic carbocycles. The quantitative estimate of drug-likeness (QED) is 0.355. The number of benzene rings is 4. The predicted molar refractivity (Wildman–Crippen MR) is 117 cm³/mol. The summed E-state index contributed by atoms with van der Waals surface area (Å²) in [5.74, 6) is 0.630. The third kappa shape index (κ3) is 2.00. The fourth-order valence-electron chi connectivity index (χ4n) is 4.39. The number of hydrogen-bond donors (Lipinski definition) is 1. The van der Waals surface area contributed by atoms with E-state index in [0.29, 0.717) is 5.84 Å². The zero-order valence-electron chi connectivity index (χ0n) is 15.4. The minimum Gasteiger partial charge on any atom is -0.423 e. The van der Waals surface area contributed by atoms with Crippen molar-refractivity contribution in [3.63, 3.8) is 0 Å². The van der Waals surface area contributed by atoms with E-state index in [4.69, 9.17) is 4.42 Å². The molecule has 0 saturated heterocycles. The lowest BCUT2D eigenvalue weighted by molar-refractivity contribution is 0.643. The molecule has 0 atom stereocenters. The van der Waals surface area contributed by atoms with Gasteiger partial charge in [-0.15, -0.1) is 0 Å². The highest BCUT2D eigenvalue weighted by Crippen LogP contribution is 2.33. The molecule has 7 rings (SSSR count). The Hall–Kier alpha value is -4.05. The van der Waals surface area contributed by atoms with Gasteiger partial charge < -0.3 is 9.40 Å². The average molecular weight is 373 g/mol. The monoisotopic (exact) mass is 373 g/mol. The van der Waals surface area contributed by atoms with E-state index in [2.05, 4.69) is 75.0 Å². The Morgan fingerprint density at radius 1 is 0.690 bits per heavy atom. The number of para-hydroxylation sites is 3. The lowest BCUT2D eigenvalue weighted by atomic mass is 10.0. The maximum absolute atomic E-state index is 5.99. The molecule has 0 saturated carbocycles. The minimum absolute atomic E-state index is 0.630. The Morgan fingerprint density at radius 3 is 2.48 bits per heavy atom. The van der Waals surface area contributed by atoms with E-state index < -0.39 is 0 Å². The highest BCUT2D eigenvalue weighted by atomic mass is 16.4. The van der Waals surface area contributed by atoms with E-state index in [1.54, 1.807) is 0 Å². The number of imidazole rings is 1. The zero-order chi connectivity index (χ0) is 18.9. The molecule has 3 heterocycles. The molecular formula is C25H15N3O. The molecule has 0 unspecified atom stereocenters. The number of nitrogens with one attached hydrogen (secondary N) is 1. The molecule has 0 bridgehead atoms. The second-order valence-corrected chi connectivity index (χ2v) is 7.43. The number of nitrogens with zero attached hydrogens (tertiary/aromatic N) is 2. The van der Waals surface area contributed by atoms with Crippen LogP contribution in [0.2, 0.25) is 0 Å². The Bertz CT molecular complexity index is 1710. The summed E-state index contributed by atoms with van der Waals surface area (Å²) in [6.07, 6.45) is 0. The molecule has 3 aromatic heterocycles. The number of hydrogen-bond acceptors (Lipinski definition) is 2. The summed E-state index contributed by atoms with van der Waals surface area (Å²) >= 11 is 0. The van der Waals surface area contributed by atoms with E-state index in [9.17, 15) is 0 Å². The van der Waals surface area contributed by atoms with Gasteiger partial charge in [0.1, 0.15) is 0 Å². The van der Waals surface area contributed by atoms with Crippen molar-refractivity contribution in [3.05, 3.63) is 84.9 Å². The minimum atomic E-state index is 0.630. The number of oxazole rings is 1. The molecule has 0 radical (unpaired) electrons.